The van der Waals surface area contributed by atoms with Gasteiger partial charge in [0.25, 0.3) is 0 Å². The van der Waals surface area contributed by atoms with Gasteiger partial charge in [0.05, 0.1) is 0 Å². The van der Waals surface area contributed by atoms with Crippen molar-refractivity contribution >= 4 is 17.9 Å². The highest BCUT2D eigenvalue weighted by atomic mass is 16.6. The smallest absolute Gasteiger partial charge is 0.408 e. The molecule has 0 bridgehead atoms. The molecule has 7 nitrogen and oxygen atoms in total. The van der Waals surface area contributed by atoms with Gasteiger partial charge in [0.2, 0.25) is 11.8 Å². The molecule has 0 aliphatic carbocycles. The quantitative estimate of drug-likeness (QED) is 0.657. The number of carbonyl (C=O) groups excluding carboxylic acids is 3. The summed E-state index contributed by atoms with van der Waals surface area (Å²) in [6.07, 6.45) is 4.76. The summed E-state index contributed by atoms with van der Waals surface area (Å²) in [7, 11) is 1.55. The predicted octanol–water partition coefficient (Wildman–Crippen LogP) is 3.63. The summed E-state index contributed by atoms with van der Waals surface area (Å²) in [5.74, 6) is 1.58. The van der Waals surface area contributed by atoms with E-state index in [0.717, 1.165) is 0 Å². The Morgan fingerprint density at radius 2 is 1.56 bits per heavy atom. The average molecular weight is 444 g/mol. The molecule has 32 heavy (non-hydrogen) atoms. The van der Waals surface area contributed by atoms with E-state index in [4.69, 9.17) is 11.2 Å². The van der Waals surface area contributed by atoms with E-state index < -0.39 is 35.2 Å². The summed E-state index contributed by atoms with van der Waals surface area (Å²) >= 11 is 0. The number of nitrogens with one attached hydrogen (secondary N) is 2. The summed E-state index contributed by atoms with van der Waals surface area (Å²) in [6.45, 7) is 14.5. The highest BCUT2D eigenvalue weighted by molar-refractivity contribution is 5.92. The van der Waals surface area contributed by atoms with Gasteiger partial charge in [-0.15, -0.1) is 6.42 Å². The third kappa shape index (κ3) is 8.26. The lowest BCUT2D eigenvalue weighted by Gasteiger charge is -2.34. The maximum absolute atomic E-state index is 13.4. The first-order valence-electron chi connectivity index (χ1n) is 10.7. The monoisotopic (exact) mass is 443 g/mol. The van der Waals surface area contributed by atoms with Gasteiger partial charge in [0.15, 0.2) is 0 Å². The molecule has 3 amide bonds. The Morgan fingerprint density at radius 1 is 1.03 bits per heavy atom. The van der Waals surface area contributed by atoms with Crippen LogP contribution in [0.4, 0.5) is 4.79 Å². The van der Waals surface area contributed by atoms with Gasteiger partial charge in [0.1, 0.15) is 17.7 Å². The summed E-state index contributed by atoms with van der Waals surface area (Å²) in [4.78, 5) is 40.3. The van der Waals surface area contributed by atoms with Crippen molar-refractivity contribution in [3.05, 3.63) is 35.4 Å². The highest BCUT2D eigenvalue weighted by Gasteiger charge is 2.36. The molecule has 2 N–H and O–H groups in total. The lowest BCUT2D eigenvalue weighted by Crippen LogP contribution is -2.54. The Labute approximate surface area is 192 Å². The first-order valence-corrected chi connectivity index (χ1v) is 10.7. The van der Waals surface area contributed by atoms with Crippen molar-refractivity contribution in [2.75, 3.05) is 7.05 Å². The van der Waals surface area contributed by atoms with Crippen LogP contribution in [0.5, 0.6) is 0 Å². The first kappa shape index (κ1) is 27.0. The number of alkyl carbamates (subject to hydrolysis) is 1. The zero-order valence-electron chi connectivity index (χ0n) is 20.7. The van der Waals surface area contributed by atoms with Crippen LogP contribution in [0.2, 0.25) is 0 Å². The van der Waals surface area contributed by atoms with Crippen LogP contribution >= 0.6 is 0 Å². The molecular formula is C25H37N3O4. The molecule has 0 aromatic heterocycles. The van der Waals surface area contributed by atoms with Crippen molar-refractivity contribution in [3.8, 4) is 12.3 Å². The van der Waals surface area contributed by atoms with Gasteiger partial charge in [-0.3, -0.25) is 9.59 Å². The van der Waals surface area contributed by atoms with Gasteiger partial charge in [-0.1, -0.05) is 31.9 Å². The third-order valence-corrected chi connectivity index (χ3v) is 4.48. The van der Waals surface area contributed by atoms with Crippen molar-refractivity contribution < 1.29 is 19.1 Å². The average Bonchev–Trinajstić information content (AvgIpc) is 2.63. The zero-order chi connectivity index (χ0) is 24.9. The Bertz CT molecular complexity index is 855. The number of ether oxygens (including phenoxy) is 1. The van der Waals surface area contributed by atoms with Crippen LogP contribution in [0.25, 0.3) is 0 Å². The summed E-state index contributed by atoms with van der Waals surface area (Å²) in [5.41, 5.74) is 0.0873. The van der Waals surface area contributed by atoms with E-state index in [1.165, 1.54) is 4.90 Å². The van der Waals surface area contributed by atoms with E-state index in [-0.39, 0.29) is 11.8 Å². The molecule has 0 radical (unpaired) electrons. The van der Waals surface area contributed by atoms with Crippen molar-refractivity contribution in [1.82, 2.24) is 15.5 Å². The van der Waals surface area contributed by atoms with Crippen molar-refractivity contribution in [2.24, 2.45) is 5.92 Å². The molecule has 0 spiro atoms. The maximum atomic E-state index is 13.4. The van der Waals surface area contributed by atoms with Crippen LogP contribution in [0.1, 0.15) is 72.6 Å². The summed E-state index contributed by atoms with van der Waals surface area (Å²) in [5, 5.41) is 5.59. The largest absolute Gasteiger partial charge is 0.444 e. The lowest BCUT2D eigenvalue weighted by atomic mass is 9.98. The Hall–Kier alpha value is -3.01. The van der Waals surface area contributed by atoms with Crippen molar-refractivity contribution in [1.29, 1.82) is 0 Å². The SMILES string of the molecule is C#Cc1ccc(C(C(=O)NC(C)(C)C)N(C)C(=O)C(NC(=O)OC(C)(C)C)C(C)C)cc1. The van der Waals surface area contributed by atoms with E-state index >= 15 is 0 Å². The number of rotatable bonds is 6. The molecule has 7 heteroatoms. The summed E-state index contributed by atoms with van der Waals surface area (Å²) in [6, 6.07) is 5.14. The van der Waals surface area contributed by atoms with Gasteiger partial charge in [0, 0.05) is 18.2 Å². The van der Waals surface area contributed by atoms with E-state index in [9.17, 15) is 14.4 Å². The normalized spacial score (nSPS) is 13.5. The number of likely N-dealkylation sites (N-methyl/N-ethyl adjacent to an activating group) is 1. The van der Waals surface area contributed by atoms with Gasteiger partial charge in [-0.2, -0.15) is 0 Å². The van der Waals surface area contributed by atoms with E-state index in [0.29, 0.717) is 11.1 Å². The van der Waals surface area contributed by atoms with Crippen molar-refractivity contribution in [2.45, 2.75) is 78.6 Å². The molecule has 2 unspecified atom stereocenters. The third-order valence-electron chi connectivity index (χ3n) is 4.48. The predicted molar refractivity (Wildman–Crippen MR) is 126 cm³/mol. The molecule has 0 aliphatic heterocycles. The molecule has 176 valence electrons. The fourth-order valence-electron chi connectivity index (χ4n) is 3.05. The Balaban J connectivity index is 3.28. The second-order valence-electron chi connectivity index (χ2n) is 10.2. The number of benzene rings is 1. The van der Waals surface area contributed by atoms with Crippen LogP contribution in [-0.2, 0) is 14.3 Å². The van der Waals surface area contributed by atoms with E-state index in [2.05, 4.69) is 16.6 Å². The van der Waals surface area contributed by atoms with Crippen molar-refractivity contribution in [3.63, 3.8) is 0 Å². The number of carbonyl (C=O) groups is 3. The minimum Gasteiger partial charge on any atom is -0.444 e. The van der Waals surface area contributed by atoms with Crippen LogP contribution in [-0.4, -0.2) is 47.0 Å². The Kier molecular flexibility index (Phi) is 8.90. The van der Waals surface area contributed by atoms with Gasteiger partial charge < -0.3 is 20.3 Å². The van der Waals surface area contributed by atoms with Crippen LogP contribution in [0.15, 0.2) is 24.3 Å². The maximum Gasteiger partial charge on any atom is 0.408 e. The van der Waals surface area contributed by atoms with Gasteiger partial charge in [-0.05, 0) is 65.2 Å². The number of nitrogens with zero attached hydrogens (tertiary/aromatic N) is 1. The van der Waals surface area contributed by atoms with Crippen LogP contribution in [0, 0.1) is 18.3 Å². The van der Waals surface area contributed by atoms with E-state index in [1.54, 1.807) is 52.1 Å². The second-order valence-corrected chi connectivity index (χ2v) is 10.2. The number of hydrogen-bond acceptors (Lipinski definition) is 4. The second kappa shape index (κ2) is 10.5. The molecule has 0 heterocycles. The summed E-state index contributed by atoms with van der Waals surface area (Å²) < 4.78 is 5.31. The minimum atomic E-state index is -0.907. The number of amides is 3. The van der Waals surface area contributed by atoms with Crippen LogP contribution in [0.3, 0.4) is 0 Å². The topological polar surface area (TPSA) is 87.7 Å². The Morgan fingerprint density at radius 3 is 1.97 bits per heavy atom. The molecule has 1 aromatic rings. The van der Waals surface area contributed by atoms with E-state index in [1.807, 2.05) is 34.6 Å². The zero-order valence-corrected chi connectivity index (χ0v) is 20.7. The van der Waals surface area contributed by atoms with Gasteiger partial charge in [-0.25, -0.2) is 4.79 Å². The number of terminal acetylenes is 1. The molecular weight excluding hydrogens is 406 g/mol. The van der Waals surface area contributed by atoms with Crippen LogP contribution < -0.4 is 10.6 Å². The molecule has 0 saturated heterocycles. The number of hydrogen-bond donors (Lipinski definition) is 2. The highest BCUT2D eigenvalue weighted by Crippen LogP contribution is 2.24. The molecule has 1 aromatic carbocycles. The molecule has 0 aliphatic rings. The fraction of sp³-hybridized carbons (Fsp3) is 0.560. The standard InChI is InChI=1S/C25H37N3O4/c1-11-17-12-14-18(15-13-17)20(21(29)27-24(4,5)6)28(10)22(30)19(16(2)3)26-23(31)32-25(7,8)9/h1,12-16,19-20H,2-10H3,(H,26,31)(H,27,29). The van der Waals surface area contributed by atoms with Gasteiger partial charge >= 0.3 is 6.09 Å². The fourth-order valence-corrected chi connectivity index (χ4v) is 3.05. The molecule has 2 atom stereocenters. The lowest BCUT2D eigenvalue weighted by molar-refractivity contribution is -0.142. The minimum absolute atomic E-state index is 0.229. The first-order chi connectivity index (χ1) is 14.6. The molecule has 1 rings (SSSR count). The molecule has 0 saturated carbocycles. The molecule has 0 fully saturated rings.